The highest BCUT2D eigenvalue weighted by molar-refractivity contribution is 6.32. The van der Waals surface area contributed by atoms with E-state index < -0.39 is 0 Å². The number of nitrogens with two attached hydrogens (primary N) is 1. The van der Waals surface area contributed by atoms with E-state index in [0.29, 0.717) is 18.2 Å². The number of aryl methyl sites for hydroxylation is 1. The van der Waals surface area contributed by atoms with Crippen molar-refractivity contribution in [2.24, 2.45) is 18.7 Å². The summed E-state index contributed by atoms with van der Waals surface area (Å²) in [5.41, 5.74) is 6.09. The lowest BCUT2D eigenvalue weighted by atomic mass is 10.1. The van der Waals surface area contributed by atoms with Crippen molar-refractivity contribution in [1.29, 1.82) is 0 Å². The van der Waals surface area contributed by atoms with E-state index in [-0.39, 0.29) is 16.6 Å². The molecule has 1 atom stereocenters. The zero-order valence-electron chi connectivity index (χ0n) is 9.70. The quantitative estimate of drug-likeness (QED) is 0.823. The Balaban J connectivity index is 2.76. The van der Waals surface area contributed by atoms with Gasteiger partial charge in [-0.1, -0.05) is 25.4 Å². The Labute approximate surface area is 99.6 Å². The normalized spacial score (nSPS) is 12.9. The van der Waals surface area contributed by atoms with E-state index in [1.807, 2.05) is 13.8 Å². The highest BCUT2D eigenvalue weighted by Gasteiger charge is 2.10. The third kappa shape index (κ3) is 2.96. The monoisotopic (exact) mass is 244 g/mol. The largest absolute Gasteiger partial charge is 0.381 e. The molecule has 0 amide bonds. The second-order valence-electron chi connectivity index (χ2n) is 4.09. The standard InChI is InChI=1S/C10H17ClN4O/c1-6(2)7(12)4-13-8-5-14-15(3)10(16)9(8)11/h5-7,13H,4,12H2,1-3H3. The summed E-state index contributed by atoms with van der Waals surface area (Å²) in [7, 11) is 1.55. The van der Waals surface area contributed by atoms with Crippen LogP contribution in [0.15, 0.2) is 11.0 Å². The van der Waals surface area contributed by atoms with Gasteiger partial charge in [-0.05, 0) is 5.92 Å². The second-order valence-corrected chi connectivity index (χ2v) is 4.47. The number of hydrogen-bond donors (Lipinski definition) is 2. The number of anilines is 1. The highest BCUT2D eigenvalue weighted by atomic mass is 35.5. The maximum atomic E-state index is 11.5. The van der Waals surface area contributed by atoms with Gasteiger partial charge in [0.15, 0.2) is 0 Å². The van der Waals surface area contributed by atoms with Crippen molar-refractivity contribution < 1.29 is 0 Å². The lowest BCUT2D eigenvalue weighted by molar-refractivity contribution is 0.511. The third-order valence-corrected chi connectivity index (χ3v) is 2.83. The lowest BCUT2D eigenvalue weighted by Gasteiger charge is -2.17. The summed E-state index contributed by atoms with van der Waals surface area (Å²) in [5, 5.41) is 7.05. The predicted molar refractivity (Wildman–Crippen MR) is 65.8 cm³/mol. The summed E-state index contributed by atoms with van der Waals surface area (Å²) >= 11 is 5.88. The van der Waals surface area contributed by atoms with Crippen molar-refractivity contribution in [3.05, 3.63) is 21.6 Å². The first-order valence-electron chi connectivity index (χ1n) is 5.14. The number of nitrogens with zero attached hydrogens (tertiary/aromatic N) is 2. The van der Waals surface area contributed by atoms with Gasteiger partial charge in [-0.2, -0.15) is 5.10 Å². The lowest BCUT2D eigenvalue weighted by Crippen LogP contribution is -2.34. The average molecular weight is 245 g/mol. The first-order valence-corrected chi connectivity index (χ1v) is 5.52. The van der Waals surface area contributed by atoms with E-state index in [4.69, 9.17) is 17.3 Å². The fourth-order valence-electron chi connectivity index (χ4n) is 1.10. The molecule has 1 aromatic rings. The fraction of sp³-hybridized carbons (Fsp3) is 0.600. The van der Waals surface area contributed by atoms with Crippen LogP contribution in [0, 0.1) is 5.92 Å². The zero-order chi connectivity index (χ0) is 12.3. The van der Waals surface area contributed by atoms with Gasteiger partial charge in [0.05, 0.1) is 11.9 Å². The second kappa shape index (κ2) is 5.32. The molecule has 0 radical (unpaired) electrons. The Kier molecular flexibility index (Phi) is 4.32. The molecule has 0 aliphatic carbocycles. The highest BCUT2D eigenvalue weighted by Crippen LogP contribution is 2.15. The number of aromatic nitrogens is 2. The van der Waals surface area contributed by atoms with E-state index in [1.165, 1.54) is 10.9 Å². The number of rotatable bonds is 4. The van der Waals surface area contributed by atoms with Crippen molar-refractivity contribution in [1.82, 2.24) is 9.78 Å². The van der Waals surface area contributed by atoms with E-state index in [0.717, 1.165) is 0 Å². The Morgan fingerprint density at radius 2 is 2.25 bits per heavy atom. The molecule has 16 heavy (non-hydrogen) atoms. The molecule has 0 saturated heterocycles. The molecule has 0 aliphatic heterocycles. The van der Waals surface area contributed by atoms with Crippen LogP contribution in [0.5, 0.6) is 0 Å². The maximum Gasteiger partial charge on any atom is 0.287 e. The van der Waals surface area contributed by atoms with Gasteiger partial charge in [0.1, 0.15) is 5.02 Å². The van der Waals surface area contributed by atoms with E-state index >= 15 is 0 Å². The van der Waals surface area contributed by atoms with Crippen LogP contribution in [-0.2, 0) is 7.05 Å². The Morgan fingerprint density at radius 3 is 2.81 bits per heavy atom. The topological polar surface area (TPSA) is 72.9 Å². The molecule has 0 aliphatic rings. The molecule has 0 bridgehead atoms. The van der Waals surface area contributed by atoms with E-state index in [2.05, 4.69) is 10.4 Å². The minimum absolute atomic E-state index is 0.0140. The van der Waals surface area contributed by atoms with Gasteiger partial charge in [0, 0.05) is 19.6 Å². The Morgan fingerprint density at radius 1 is 1.62 bits per heavy atom. The van der Waals surface area contributed by atoms with Crippen molar-refractivity contribution in [3.8, 4) is 0 Å². The SMILES string of the molecule is CC(C)C(N)CNc1cnn(C)c(=O)c1Cl. The molecule has 90 valence electrons. The van der Waals surface area contributed by atoms with Crippen LogP contribution in [0.25, 0.3) is 0 Å². The van der Waals surface area contributed by atoms with Gasteiger partial charge in [-0.15, -0.1) is 0 Å². The molecule has 1 heterocycles. The van der Waals surface area contributed by atoms with Gasteiger partial charge >= 0.3 is 0 Å². The number of hydrogen-bond acceptors (Lipinski definition) is 4. The zero-order valence-corrected chi connectivity index (χ0v) is 10.5. The summed E-state index contributed by atoms with van der Waals surface area (Å²) in [6.07, 6.45) is 1.52. The molecule has 1 rings (SSSR count). The van der Waals surface area contributed by atoms with Crippen molar-refractivity contribution in [2.45, 2.75) is 19.9 Å². The minimum Gasteiger partial charge on any atom is -0.381 e. The van der Waals surface area contributed by atoms with Crippen LogP contribution < -0.4 is 16.6 Å². The summed E-state index contributed by atoms with van der Waals surface area (Å²) in [4.78, 5) is 11.5. The Hall–Kier alpha value is -1.07. The molecule has 1 aromatic heterocycles. The van der Waals surface area contributed by atoms with Crippen molar-refractivity contribution in [2.75, 3.05) is 11.9 Å². The molecule has 5 nitrogen and oxygen atoms in total. The summed E-state index contributed by atoms with van der Waals surface area (Å²) < 4.78 is 1.19. The third-order valence-electron chi connectivity index (χ3n) is 2.46. The van der Waals surface area contributed by atoms with Gasteiger partial charge < -0.3 is 11.1 Å². The first-order chi connectivity index (χ1) is 7.43. The van der Waals surface area contributed by atoms with Crippen LogP contribution in [0.4, 0.5) is 5.69 Å². The van der Waals surface area contributed by atoms with E-state index in [1.54, 1.807) is 7.05 Å². The summed E-state index contributed by atoms with van der Waals surface area (Å²) in [5.74, 6) is 0.366. The van der Waals surface area contributed by atoms with Gasteiger partial charge in [-0.25, -0.2) is 4.68 Å². The summed E-state index contributed by atoms with van der Waals surface area (Å²) in [6, 6.07) is 0.0140. The van der Waals surface area contributed by atoms with Crippen LogP contribution in [0.2, 0.25) is 5.02 Å². The molecule has 0 spiro atoms. The molecule has 0 aromatic carbocycles. The first kappa shape index (κ1) is 13.0. The summed E-state index contributed by atoms with van der Waals surface area (Å²) in [6.45, 7) is 4.64. The predicted octanol–water partition coefficient (Wildman–Crippen LogP) is 0.829. The van der Waals surface area contributed by atoms with Crippen molar-refractivity contribution in [3.63, 3.8) is 0 Å². The molecule has 6 heteroatoms. The van der Waals surface area contributed by atoms with Crippen LogP contribution in [-0.4, -0.2) is 22.4 Å². The Bertz CT molecular complexity index is 416. The smallest absolute Gasteiger partial charge is 0.287 e. The van der Waals surface area contributed by atoms with E-state index in [9.17, 15) is 4.79 Å². The van der Waals surface area contributed by atoms with Crippen LogP contribution >= 0.6 is 11.6 Å². The average Bonchev–Trinajstić information content (AvgIpc) is 2.24. The molecule has 3 N–H and O–H groups in total. The fourth-order valence-corrected chi connectivity index (χ4v) is 1.34. The molecular formula is C10H17ClN4O. The molecule has 0 saturated carbocycles. The molecule has 0 fully saturated rings. The molecule has 1 unspecified atom stereocenters. The minimum atomic E-state index is -0.315. The number of halogens is 1. The molecular weight excluding hydrogens is 228 g/mol. The van der Waals surface area contributed by atoms with Gasteiger partial charge in [-0.3, -0.25) is 4.79 Å². The van der Waals surface area contributed by atoms with Crippen LogP contribution in [0.3, 0.4) is 0 Å². The maximum absolute atomic E-state index is 11.5. The van der Waals surface area contributed by atoms with Crippen molar-refractivity contribution >= 4 is 17.3 Å². The van der Waals surface area contributed by atoms with Gasteiger partial charge in [0.2, 0.25) is 0 Å². The van der Waals surface area contributed by atoms with Gasteiger partial charge in [0.25, 0.3) is 5.56 Å². The van der Waals surface area contributed by atoms with Crippen LogP contribution in [0.1, 0.15) is 13.8 Å². The number of nitrogens with one attached hydrogen (secondary N) is 1.